The highest BCUT2D eigenvalue weighted by molar-refractivity contribution is 5.83. The standard InChI is InChI=1S/C10H17NO7/c1-6(13)11-8(2-3-9(15)16)10(17)18-5-7(14)4-12/h7-8,12,14H,2-5H2,1H3,(H,11,13)(H,15,16)/t7?,8-/m0/s1. The smallest absolute Gasteiger partial charge is 0.328 e. The van der Waals surface area contributed by atoms with Crippen LogP contribution in [0.4, 0.5) is 0 Å². The average Bonchev–Trinajstić information content (AvgIpc) is 2.30. The molecule has 0 aliphatic heterocycles. The number of amides is 1. The second kappa shape index (κ2) is 8.43. The Morgan fingerprint density at radius 3 is 2.39 bits per heavy atom. The number of ether oxygens (including phenoxy) is 1. The Morgan fingerprint density at radius 1 is 1.33 bits per heavy atom. The maximum absolute atomic E-state index is 11.5. The van der Waals surface area contributed by atoms with E-state index in [1.165, 1.54) is 6.92 Å². The van der Waals surface area contributed by atoms with Gasteiger partial charge in [-0.3, -0.25) is 9.59 Å². The first-order chi connectivity index (χ1) is 8.36. The molecule has 1 amide bonds. The molecule has 18 heavy (non-hydrogen) atoms. The fourth-order valence-corrected chi connectivity index (χ4v) is 1.09. The van der Waals surface area contributed by atoms with Gasteiger partial charge in [-0.05, 0) is 6.42 Å². The third-order valence-corrected chi connectivity index (χ3v) is 1.94. The fraction of sp³-hybridized carbons (Fsp3) is 0.700. The maximum Gasteiger partial charge on any atom is 0.328 e. The lowest BCUT2D eigenvalue weighted by Crippen LogP contribution is -2.42. The van der Waals surface area contributed by atoms with E-state index >= 15 is 0 Å². The van der Waals surface area contributed by atoms with Crippen molar-refractivity contribution < 1.29 is 34.4 Å². The van der Waals surface area contributed by atoms with E-state index in [2.05, 4.69) is 10.1 Å². The highest BCUT2D eigenvalue weighted by Crippen LogP contribution is 2.01. The third kappa shape index (κ3) is 7.58. The molecule has 0 fully saturated rings. The number of carbonyl (C=O) groups excluding carboxylic acids is 2. The second-order valence-electron chi connectivity index (χ2n) is 3.65. The number of aliphatic hydroxyl groups is 2. The molecule has 1 unspecified atom stereocenters. The number of nitrogens with one attached hydrogen (secondary N) is 1. The average molecular weight is 263 g/mol. The number of carbonyl (C=O) groups is 3. The zero-order valence-corrected chi connectivity index (χ0v) is 9.96. The van der Waals surface area contributed by atoms with Gasteiger partial charge >= 0.3 is 11.9 Å². The molecule has 0 aliphatic carbocycles. The van der Waals surface area contributed by atoms with Crippen LogP contribution in [0.15, 0.2) is 0 Å². The van der Waals surface area contributed by atoms with Crippen LogP contribution in [-0.4, -0.2) is 58.5 Å². The van der Waals surface area contributed by atoms with E-state index in [1.54, 1.807) is 0 Å². The van der Waals surface area contributed by atoms with Crippen LogP contribution >= 0.6 is 0 Å². The Labute approximate surface area is 104 Å². The van der Waals surface area contributed by atoms with Crippen LogP contribution in [-0.2, 0) is 19.1 Å². The van der Waals surface area contributed by atoms with Crippen molar-refractivity contribution in [2.75, 3.05) is 13.2 Å². The minimum absolute atomic E-state index is 0.108. The zero-order valence-electron chi connectivity index (χ0n) is 9.96. The van der Waals surface area contributed by atoms with Crippen LogP contribution in [0.25, 0.3) is 0 Å². The molecule has 0 aromatic rings. The number of esters is 1. The van der Waals surface area contributed by atoms with E-state index < -0.39 is 43.2 Å². The Kier molecular flexibility index (Phi) is 7.64. The summed E-state index contributed by atoms with van der Waals surface area (Å²) >= 11 is 0. The minimum atomic E-state index is -1.20. The summed E-state index contributed by atoms with van der Waals surface area (Å²) in [5.41, 5.74) is 0. The SMILES string of the molecule is CC(=O)N[C@@H](CCC(=O)O)C(=O)OCC(O)CO. The largest absolute Gasteiger partial charge is 0.481 e. The molecule has 0 saturated heterocycles. The van der Waals surface area contributed by atoms with E-state index in [4.69, 9.17) is 15.3 Å². The summed E-state index contributed by atoms with van der Waals surface area (Å²) in [6, 6.07) is -1.08. The Morgan fingerprint density at radius 2 is 1.94 bits per heavy atom. The molecule has 0 rings (SSSR count). The molecule has 8 heteroatoms. The van der Waals surface area contributed by atoms with Crippen LogP contribution < -0.4 is 5.32 Å². The fourth-order valence-electron chi connectivity index (χ4n) is 1.09. The molecule has 104 valence electrons. The lowest BCUT2D eigenvalue weighted by molar-refractivity contribution is -0.151. The molecule has 4 N–H and O–H groups in total. The quantitative estimate of drug-likeness (QED) is 0.382. The van der Waals surface area contributed by atoms with Gasteiger partial charge in [-0.2, -0.15) is 0 Å². The summed E-state index contributed by atoms with van der Waals surface area (Å²) in [7, 11) is 0. The predicted octanol–water partition coefficient (Wildman–Crippen LogP) is -1.75. The first kappa shape index (κ1) is 16.3. The molecular weight excluding hydrogens is 246 g/mol. The third-order valence-electron chi connectivity index (χ3n) is 1.94. The number of rotatable bonds is 8. The topological polar surface area (TPSA) is 133 Å². The van der Waals surface area contributed by atoms with Gasteiger partial charge in [-0.15, -0.1) is 0 Å². The van der Waals surface area contributed by atoms with Crippen molar-refractivity contribution in [1.82, 2.24) is 5.32 Å². The molecule has 8 nitrogen and oxygen atoms in total. The normalized spacial score (nSPS) is 13.5. The molecule has 2 atom stereocenters. The van der Waals surface area contributed by atoms with Crippen LogP contribution in [0.1, 0.15) is 19.8 Å². The number of hydrogen-bond donors (Lipinski definition) is 4. The van der Waals surface area contributed by atoms with Crippen molar-refractivity contribution in [3.8, 4) is 0 Å². The molecular formula is C10H17NO7. The summed E-state index contributed by atoms with van der Waals surface area (Å²) in [5.74, 6) is -2.45. The van der Waals surface area contributed by atoms with Gasteiger partial charge in [0, 0.05) is 13.3 Å². The minimum Gasteiger partial charge on any atom is -0.481 e. The summed E-state index contributed by atoms with van der Waals surface area (Å²) < 4.78 is 4.63. The number of aliphatic carboxylic acids is 1. The second-order valence-corrected chi connectivity index (χ2v) is 3.65. The molecule has 0 bridgehead atoms. The van der Waals surface area contributed by atoms with Gasteiger partial charge in [0.15, 0.2) is 0 Å². The zero-order chi connectivity index (χ0) is 14.1. The first-order valence-electron chi connectivity index (χ1n) is 5.31. The van der Waals surface area contributed by atoms with Gasteiger partial charge < -0.3 is 25.4 Å². The van der Waals surface area contributed by atoms with Crippen LogP contribution in [0.5, 0.6) is 0 Å². The van der Waals surface area contributed by atoms with Crippen molar-refractivity contribution in [3.05, 3.63) is 0 Å². The Bertz CT molecular complexity index is 305. The lowest BCUT2D eigenvalue weighted by atomic mass is 10.1. The van der Waals surface area contributed by atoms with Gasteiger partial charge in [0.25, 0.3) is 0 Å². The van der Waals surface area contributed by atoms with Gasteiger partial charge in [0.05, 0.1) is 6.61 Å². The number of carboxylic acid groups (broad SMARTS) is 1. The molecule has 0 spiro atoms. The Hall–Kier alpha value is -1.67. The number of carboxylic acids is 1. The number of aliphatic hydroxyl groups excluding tert-OH is 2. The van der Waals surface area contributed by atoms with Crippen molar-refractivity contribution in [1.29, 1.82) is 0 Å². The van der Waals surface area contributed by atoms with Crippen molar-refractivity contribution in [3.63, 3.8) is 0 Å². The van der Waals surface area contributed by atoms with Crippen LogP contribution in [0.2, 0.25) is 0 Å². The van der Waals surface area contributed by atoms with Crippen molar-refractivity contribution in [2.24, 2.45) is 0 Å². The highest BCUT2D eigenvalue weighted by Gasteiger charge is 2.22. The molecule has 0 aromatic carbocycles. The lowest BCUT2D eigenvalue weighted by Gasteiger charge is -2.17. The predicted molar refractivity (Wildman–Crippen MR) is 58.5 cm³/mol. The van der Waals surface area contributed by atoms with Crippen molar-refractivity contribution in [2.45, 2.75) is 31.9 Å². The summed E-state index contributed by atoms with van der Waals surface area (Å²) in [4.78, 5) is 32.7. The van der Waals surface area contributed by atoms with E-state index in [-0.39, 0.29) is 12.8 Å². The van der Waals surface area contributed by atoms with Gasteiger partial charge in [0.1, 0.15) is 18.8 Å². The van der Waals surface area contributed by atoms with Crippen LogP contribution in [0, 0.1) is 0 Å². The van der Waals surface area contributed by atoms with Gasteiger partial charge in [0.2, 0.25) is 5.91 Å². The van der Waals surface area contributed by atoms with E-state index in [9.17, 15) is 14.4 Å². The summed E-state index contributed by atoms with van der Waals surface area (Å²) in [6.07, 6.45) is -1.61. The Balaban J connectivity index is 4.30. The summed E-state index contributed by atoms with van der Waals surface area (Å²) in [6.45, 7) is 0.204. The molecule has 0 heterocycles. The maximum atomic E-state index is 11.5. The van der Waals surface area contributed by atoms with E-state index in [1.807, 2.05) is 0 Å². The van der Waals surface area contributed by atoms with E-state index in [0.717, 1.165) is 0 Å². The van der Waals surface area contributed by atoms with Crippen molar-refractivity contribution >= 4 is 17.8 Å². The first-order valence-corrected chi connectivity index (χ1v) is 5.31. The molecule has 0 radical (unpaired) electrons. The molecule has 0 aromatic heterocycles. The van der Waals surface area contributed by atoms with Gasteiger partial charge in [-0.25, -0.2) is 4.79 Å². The molecule has 0 aliphatic rings. The highest BCUT2D eigenvalue weighted by atomic mass is 16.5. The van der Waals surface area contributed by atoms with Crippen LogP contribution in [0.3, 0.4) is 0 Å². The summed E-state index contributed by atoms with van der Waals surface area (Å²) in [5, 5.41) is 28.3. The number of hydrogen-bond acceptors (Lipinski definition) is 6. The van der Waals surface area contributed by atoms with E-state index in [0.29, 0.717) is 0 Å². The monoisotopic (exact) mass is 263 g/mol. The van der Waals surface area contributed by atoms with Gasteiger partial charge in [-0.1, -0.05) is 0 Å². The molecule has 0 saturated carbocycles.